The lowest BCUT2D eigenvalue weighted by atomic mass is 10.2. The maximum absolute atomic E-state index is 11.2. The number of ether oxygens (including phenoxy) is 3. The maximum atomic E-state index is 11.2. The molecular weight excluding hydrogens is 576 g/mol. The number of hydrogen-bond acceptors (Lipinski definition) is 15. The molecule has 228 valence electrons. The topological polar surface area (TPSA) is 201 Å². The number of aryl methyl sites for hydroxylation is 4. The van der Waals surface area contributed by atoms with E-state index in [4.69, 9.17) is 14.2 Å². The standard InChI is InChI=1S/C27H28N10O7/c1-5-7-17-23-25(36(3)32-17)42-27(41-21-11-9-15(34-38)13-19(21)28-30-23)43-26-24(18(8-6-2)33-37(26)4)31-29-20-14-16(35-39)10-12-22(20)44-40/h9-14,27,40H,5-8H2,1-4H3/b30-28+,31-29+. The average molecular weight is 605 g/mol. The lowest BCUT2D eigenvalue weighted by Crippen LogP contribution is -2.32. The Morgan fingerprint density at radius 3 is 2.32 bits per heavy atom. The largest absolute Gasteiger partial charge is 0.420 e. The number of benzene rings is 2. The molecule has 0 amide bonds. The van der Waals surface area contributed by atoms with Gasteiger partial charge < -0.3 is 19.1 Å². The van der Waals surface area contributed by atoms with Crippen LogP contribution in [0.2, 0.25) is 0 Å². The molecule has 3 heterocycles. The molecular formula is C27H28N10O7. The van der Waals surface area contributed by atoms with E-state index in [-0.39, 0.29) is 51.7 Å². The molecule has 0 spiro atoms. The van der Waals surface area contributed by atoms with Gasteiger partial charge in [0.1, 0.15) is 22.7 Å². The van der Waals surface area contributed by atoms with E-state index >= 15 is 0 Å². The minimum Gasteiger partial charge on any atom is -0.420 e. The molecule has 0 saturated heterocycles. The van der Waals surface area contributed by atoms with Gasteiger partial charge in [0.25, 0.3) is 0 Å². The zero-order valence-electron chi connectivity index (χ0n) is 24.2. The molecule has 1 atom stereocenters. The molecule has 1 aliphatic heterocycles. The lowest BCUT2D eigenvalue weighted by Gasteiger charge is -2.21. The van der Waals surface area contributed by atoms with E-state index in [0.717, 1.165) is 12.8 Å². The summed E-state index contributed by atoms with van der Waals surface area (Å²) < 4.78 is 21.5. The second-order valence-corrected chi connectivity index (χ2v) is 9.57. The van der Waals surface area contributed by atoms with Crippen molar-refractivity contribution in [3.63, 3.8) is 0 Å². The van der Waals surface area contributed by atoms with Crippen LogP contribution in [0.1, 0.15) is 38.1 Å². The molecule has 17 heteroatoms. The number of hydrogen-bond donors (Lipinski definition) is 1. The highest BCUT2D eigenvalue weighted by Gasteiger charge is 2.29. The number of aromatic nitrogens is 4. The van der Waals surface area contributed by atoms with Crippen LogP contribution in [0, 0.1) is 9.81 Å². The number of nitroso groups, excluding NO2 is 2. The van der Waals surface area contributed by atoms with Gasteiger partial charge in [-0.05, 0) is 59.6 Å². The second kappa shape index (κ2) is 13.2. The van der Waals surface area contributed by atoms with Gasteiger partial charge in [-0.25, -0.2) is 14.6 Å². The van der Waals surface area contributed by atoms with Crippen molar-refractivity contribution in [3.8, 4) is 23.3 Å². The molecule has 1 aliphatic rings. The van der Waals surface area contributed by atoms with Gasteiger partial charge in [-0.3, -0.25) is 0 Å². The smallest absolute Gasteiger partial charge is 0.409 e. The van der Waals surface area contributed by atoms with Crippen LogP contribution in [-0.4, -0.2) is 31.3 Å². The summed E-state index contributed by atoms with van der Waals surface area (Å²) in [4.78, 5) is 26.7. The fourth-order valence-corrected chi connectivity index (χ4v) is 4.40. The third kappa shape index (κ3) is 6.12. The third-order valence-electron chi connectivity index (χ3n) is 6.40. The first kappa shape index (κ1) is 29.9. The molecule has 1 unspecified atom stereocenters. The fourth-order valence-electron chi connectivity index (χ4n) is 4.40. The van der Waals surface area contributed by atoms with E-state index in [9.17, 15) is 15.1 Å². The molecule has 1 N–H and O–H groups in total. The maximum Gasteiger partial charge on any atom is 0.409 e. The number of nitrogens with zero attached hydrogens (tertiary/aromatic N) is 10. The number of fused-ring (bicyclic) bond motifs is 2. The van der Waals surface area contributed by atoms with Crippen molar-refractivity contribution in [3.05, 3.63) is 57.6 Å². The highest BCUT2D eigenvalue weighted by molar-refractivity contribution is 5.62. The van der Waals surface area contributed by atoms with Crippen LogP contribution in [0.3, 0.4) is 0 Å². The molecule has 5 rings (SSSR count). The molecule has 2 aromatic carbocycles. The van der Waals surface area contributed by atoms with E-state index in [1.165, 1.54) is 45.8 Å². The number of rotatable bonds is 11. The van der Waals surface area contributed by atoms with Gasteiger partial charge in [-0.2, -0.15) is 10.2 Å². The Morgan fingerprint density at radius 1 is 0.886 bits per heavy atom. The van der Waals surface area contributed by atoms with E-state index in [0.29, 0.717) is 29.9 Å². The minimum absolute atomic E-state index is 0.0384. The van der Waals surface area contributed by atoms with Gasteiger partial charge in [-0.1, -0.05) is 26.7 Å². The highest BCUT2D eigenvalue weighted by Crippen LogP contribution is 2.42. The first-order chi connectivity index (χ1) is 21.4. The molecule has 4 aromatic rings. The molecule has 0 aliphatic carbocycles. The monoisotopic (exact) mass is 604 g/mol. The summed E-state index contributed by atoms with van der Waals surface area (Å²) in [6.45, 7) is 2.53. The predicted molar refractivity (Wildman–Crippen MR) is 155 cm³/mol. The Balaban J connectivity index is 1.59. The quantitative estimate of drug-likeness (QED) is 0.0771. The van der Waals surface area contributed by atoms with Crippen molar-refractivity contribution >= 4 is 34.1 Å². The van der Waals surface area contributed by atoms with E-state index in [2.05, 4.69) is 45.9 Å². The molecule has 0 bridgehead atoms. The molecule has 2 aromatic heterocycles. The molecule has 0 saturated carbocycles. The summed E-state index contributed by atoms with van der Waals surface area (Å²) in [5.41, 5.74) is 2.25. The molecule has 0 fully saturated rings. The van der Waals surface area contributed by atoms with Gasteiger partial charge in [-0.15, -0.1) is 30.3 Å². The summed E-state index contributed by atoms with van der Waals surface area (Å²) in [5, 5.41) is 41.5. The van der Waals surface area contributed by atoms with E-state index in [1.807, 2.05) is 13.8 Å². The zero-order chi connectivity index (χ0) is 31.2. The van der Waals surface area contributed by atoms with Crippen molar-refractivity contribution in [2.24, 2.45) is 44.9 Å². The first-order valence-electron chi connectivity index (χ1n) is 13.6. The van der Waals surface area contributed by atoms with Crippen molar-refractivity contribution < 1.29 is 24.4 Å². The van der Waals surface area contributed by atoms with Crippen molar-refractivity contribution in [1.29, 1.82) is 0 Å². The van der Waals surface area contributed by atoms with Gasteiger partial charge >= 0.3 is 6.48 Å². The molecule has 17 nitrogen and oxygen atoms in total. The van der Waals surface area contributed by atoms with Crippen molar-refractivity contribution in [2.45, 2.75) is 46.0 Å². The Morgan fingerprint density at radius 2 is 1.59 bits per heavy atom. The summed E-state index contributed by atoms with van der Waals surface area (Å²) in [5.74, 6) is 0.501. The van der Waals surface area contributed by atoms with Crippen LogP contribution in [0.25, 0.3) is 0 Å². The van der Waals surface area contributed by atoms with E-state index in [1.54, 1.807) is 14.1 Å². The van der Waals surface area contributed by atoms with Crippen LogP contribution < -0.4 is 19.1 Å². The molecule has 44 heavy (non-hydrogen) atoms. The Bertz CT molecular complexity index is 1750. The van der Waals surface area contributed by atoms with Crippen LogP contribution in [0.5, 0.6) is 23.3 Å². The summed E-state index contributed by atoms with van der Waals surface area (Å²) >= 11 is 0. The van der Waals surface area contributed by atoms with Crippen LogP contribution in [-0.2, 0) is 26.9 Å². The van der Waals surface area contributed by atoms with Gasteiger partial charge in [0.05, 0.1) is 11.4 Å². The Kier molecular flexibility index (Phi) is 8.94. The number of azo groups is 2. The van der Waals surface area contributed by atoms with Crippen LogP contribution >= 0.6 is 0 Å². The summed E-state index contributed by atoms with van der Waals surface area (Å²) in [6, 6.07) is 8.37. The Hall–Kier alpha value is -5.58. The summed E-state index contributed by atoms with van der Waals surface area (Å²) in [6.07, 6.45) is 2.65. The Labute approximate surface area is 250 Å². The van der Waals surface area contributed by atoms with Gasteiger partial charge in [0.2, 0.25) is 11.8 Å². The molecule has 0 radical (unpaired) electrons. The van der Waals surface area contributed by atoms with Crippen molar-refractivity contribution in [1.82, 2.24) is 19.6 Å². The van der Waals surface area contributed by atoms with Crippen molar-refractivity contribution in [2.75, 3.05) is 0 Å². The highest BCUT2D eigenvalue weighted by atomic mass is 17.1. The van der Waals surface area contributed by atoms with Crippen LogP contribution in [0.4, 0.5) is 34.1 Å². The SMILES string of the molecule is CCCc1nn(C)c(OC2Oc3ccc(N=O)cc3/N=N/c3c(CCC)nn(C)c3O2)c1/N=N/c1cc(N=O)ccc1OO. The first-order valence-corrected chi connectivity index (χ1v) is 13.6. The summed E-state index contributed by atoms with van der Waals surface area (Å²) in [7, 11) is 3.34. The van der Waals surface area contributed by atoms with E-state index < -0.39 is 6.48 Å². The zero-order valence-corrected chi connectivity index (χ0v) is 24.2. The van der Waals surface area contributed by atoms with Crippen LogP contribution in [0.15, 0.2) is 67.2 Å². The predicted octanol–water partition coefficient (Wildman–Crippen LogP) is 7.67. The lowest BCUT2D eigenvalue weighted by molar-refractivity contribution is -0.146. The second-order valence-electron chi connectivity index (χ2n) is 9.57. The third-order valence-corrected chi connectivity index (χ3v) is 6.40. The van der Waals surface area contributed by atoms with Gasteiger partial charge in [0.15, 0.2) is 22.9 Å². The fraction of sp³-hybridized carbons (Fsp3) is 0.333. The van der Waals surface area contributed by atoms with Gasteiger partial charge in [0, 0.05) is 14.1 Å². The normalized spacial score (nSPS) is 14.8. The average Bonchev–Trinajstić information content (AvgIpc) is 3.50. The minimum atomic E-state index is -1.45.